The number of hydrogen-bond acceptors (Lipinski definition) is 4. The van der Waals surface area contributed by atoms with E-state index >= 15 is 0 Å². The molecule has 1 aromatic heterocycles. The number of carbonyl (C=O) groups excluding carboxylic acids is 2. The van der Waals surface area contributed by atoms with Crippen LogP contribution in [0.25, 0.3) is 10.9 Å². The molecule has 1 fully saturated rings. The summed E-state index contributed by atoms with van der Waals surface area (Å²) < 4.78 is 4.61. The zero-order valence-corrected chi connectivity index (χ0v) is 14.6. The van der Waals surface area contributed by atoms with Crippen molar-refractivity contribution < 1.29 is 14.3 Å². The molecule has 2 aromatic rings. The summed E-state index contributed by atoms with van der Waals surface area (Å²) in [4.78, 5) is 28.4. The van der Waals surface area contributed by atoms with Gasteiger partial charge in [-0.3, -0.25) is 14.6 Å². The van der Waals surface area contributed by atoms with Crippen molar-refractivity contribution >= 4 is 22.8 Å². The number of esters is 1. The van der Waals surface area contributed by atoms with Crippen molar-refractivity contribution in [1.29, 1.82) is 0 Å². The molecule has 1 aliphatic carbocycles. The van der Waals surface area contributed by atoms with Gasteiger partial charge in [0.15, 0.2) is 0 Å². The van der Waals surface area contributed by atoms with Gasteiger partial charge in [0.25, 0.3) is 5.91 Å². The molecule has 1 saturated carbocycles. The van der Waals surface area contributed by atoms with Crippen LogP contribution in [0.2, 0.25) is 0 Å². The number of pyridine rings is 1. The normalized spacial score (nSPS) is 13.6. The quantitative estimate of drug-likeness (QED) is 0.589. The van der Waals surface area contributed by atoms with Crippen LogP contribution in [0.1, 0.15) is 60.5 Å². The maximum absolute atomic E-state index is 12.6. The molecule has 5 nitrogen and oxygen atoms in total. The number of ether oxygens (including phenoxy) is 1. The van der Waals surface area contributed by atoms with E-state index in [9.17, 15) is 9.59 Å². The van der Waals surface area contributed by atoms with Crippen LogP contribution in [0, 0.1) is 0 Å². The highest BCUT2D eigenvalue weighted by Crippen LogP contribution is 2.40. The molecule has 0 aliphatic heterocycles. The highest BCUT2D eigenvalue weighted by atomic mass is 16.5. The van der Waals surface area contributed by atoms with E-state index in [1.54, 1.807) is 0 Å². The molecule has 1 aliphatic rings. The first kappa shape index (κ1) is 17.4. The average molecular weight is 340 g/mol. The van der Waals surface area contributed by atoms with Crippen LogP contribution in [0.5, 0.6) is 0 Å². The van der Waals surface area contributed by atoms with E-state index in [2.05, 4.69) is 10.1 Å². The Bertz CT molecular complexity index is 769. The van der Waals surface area contributed by atoms with Crippen molar-refractivity contribution in [2.75, 3.05) is 13.7 Å². The van der Waals surface area contributed by atoms with Crippen LogP contribution in [0.4, 0.5) is 0 Å². The summed E-state index contributed by atoms with van der Waals surface area (Å²) in [6.45, 7) is 0.607. The monoisotopic (exact) mass is 340 g/mol. The van der Waals surface area contributed by atoms with Crippen molar-refractivity contribution in [3.63, 3.8) is 0 Å². The largest absolute Gasteiger partial charge is 0.469 e. The molecule has 0 saturated heterocycles. The molecule has 132 valence electrons. The van der Waals surface area contributed by atoms with Crippen LogP contribution < -0.4 is 5.32 Å². The van der Waals surface area contributed by atoms with Crippen LogP contribution in [0.3, 0.4) is 0 Å². The first-order chi connectivity index (χ1) is 12.2. The van der Waals surface area contributed by atoms with Gasteiger partial charge in [0.1, 0.15) is 0 Å². The minimum absolute atomic E-state index is 0.0477. The second-order valence-corrected chi connectivity index (χ2v) is 6.53. The maximum Gasteiger partial charge on any atom is 0.305 e. The Labute approximate surface area is 147 Å². The SMILES string of the molecule is COC(=O)CCCCCNC(=O)c1cc(C2CC2)nc2ccccc12. The molecule has 25 heavy (non-hydrogen) atoms. The lowest BCUT2D eigenvalue weighted by Gasteiger charge is -2.10. The number of nitrogens with zero attached hydrogens (tertiary/aromatic N) is 1. The molecule has 1 heterocycles. The van der Waals surface area contributed by atoms with E-state index in [0.29, 0.717) is 24.4 Å². The predicted octanol–water partition coefficient (Wildman–Crippen LogP) is 3.58. The van der Waals surface area contributed by atoms with Crippen molar-refractivity contribution in [2.24, 2.45) is 0 Å². The van der Waals surface area contributed by atoms with Gasteiger partial charge in [-0.1, -0.05) is 24.6 Å². The van der Waals surface area contributed by atoms with E-state index in [1.165, 1.54) is 7.11 Å². The summed E-state index contributed by atoms with van der Waals surface area (Å²) in [6, 6.07) is 9.75. The second-order valence-electron chi connectivity index (χ2n) is 6.53. The van der Waals surface area contributed by atoms with Crippen molar-refractivity contribution in [3.8, 4) is 0 Å². The second kappa shape index (κ2) is 8.10. The number of amides is 1. The minimum atomic E-state index is -0.181. The summed E-state index contributed by atoms with van der Waals surface area (Å²) in [5, 5.41) is 3.90. The van der Waals surface area contributed by atoms with Gasteiger partial charge in [-0.25, -0.2) is 0 Å². The van der Waals surface area contributed by atoms with Crippen LogP contribution in [-0.2, 0) is 9.53 Å². The highest BCUT2D eigenvalue weighted by Gasteiger charge is 2.26. The predicted molar refractivity (Wildman–Crippen MR) is 96.5 cm³/mol. The standard InChI is InChI=1S/C20H24N2O3/c1-25-19(23)9-3-2-6-12-21-20(24)16-13-18(14-10-11-14)22-17-8-5-4-7-15(16)17/h4-5,7-8,13-14H,2-3,6,9-12H2,1H3,(H,21,24). The number of hydrogen-bond donors (Lipinski definition) is 1. The molecular formula is C20H24N2O3. The Morgan fingerprint density at radius 3 is 2.76 bits per heavy atom. The van der Waals surface area contributed by atoms with Gasteiger partial charge in [-0.2, -0.15) is 0 Å². The van der Waals surface area contributed by atoms with Gasteiger partial charge in [0.05, 0.1) is 18.2 Å². The number of rotatable bonds is 8. The van der Waals surface area contributed by atoms with Crippen LogP contribution >= 0.6 is 0 Å². The number of nitrogens with one attached hydrogen (secondary N) is 1. The van der Waals surface area contributed by atoms with Crippen molar-refractivity contribution in [2.45, 2.75) is 44.4 Å². The van der Waals surface area contributed by atoms with Gasteiger partial charge < -0.3 is 10.1 Å². The van der Waals surface area contributed by atoms with Gasteiger partial charge in [0.2, 0.25) is 0 Å². The molecule has 3 rings (SSSR count). The summed E-state index contributed by atoms with van der Waals surface area (Å²) in [5.41, 5.74) is 2.62. The zero-order chi connectivity index (χ0) is 17.6. The fourth-order valence-electron chi connectivity index (χ4n) is 2.94. The Kier molecular flexibility index (Phi) is 5.64. The molecule has 0 atom stereocenters. The van der Waals surface area contributed by atoms with E-state index in [1.807, 2.05) is 30.3 Å². The zero-order valence-electron chi connectivity index (χ0n) is 14.6. The molecular weight excluding hydrogens is 316 g/mol. The molecule has 0 radical (unpaired) electrons. The van der Waals surface area contributed by atoms with Gasteiger partial charge >= 0.3 is 5.97 Å². The van der Waals surface area contributed by atoms with Crippen LogP contribution in [-0.4, -0.2) is 30.5 Å². The number of carbonyl (C=O) groups is 2. The van der Waals surface area contributed by atoms with Crippen molar-refractivity contribution in [3.05, 3.63) is 41.6 Å². The molecule has 5 heteroatoms. The summed E-state index contributed by atoms with van der Waals surface area (Å²) in [5.74, 6) is 0.280. The number of aromatic nitrogens is 1. The fourth-order valence-corrected chi connectivity index (χ4v) is 2.94. The fraction of sp³-hybridized carbons (Fsp3) is 0.450. The maximum atomic E-state index is 12.6. The topological polar surface area (TPSA) is 68.3 Å². The molecule has 0 bridgehead atoms. The molecule has 1 amide bonds. The van der Waals surface area contributed by atoms with Gasteiger partial charge in [-0.05, 0) is 37.8 Å². The Balaban J connectivity index is 1.59. The van der Waals surface area contributed by atoms with Gasteiger partial charge in [0, 0.05) is 30.0 Å². The first-order valence-electron chi connectivity index (χ1n) is 8.93. The molecule has 1 N–H and O–H groups in total. The van der Waals surface area contributed by atoms with E-state index in [-0.39, 0.29) is 11.9 Å². The smallest absolute Gasteiger partial charge is 0.305 e. The summed E-state index contributed by atoms with van der Waals surface area (Å²) in [7, 11) is 1.40. The number of fused-ring (bicyclic) bond motifs is 1. The molecule has 0 unspecified atom stereocenters. The number of methoxy groups -OCH3 is 1. The van der Waals surface area contributed by atoms with E-state index in [4.69, 9.17) is 4.98 Å². The third-order valence-electron chi connectivity index (χ3n) is 4.55. The number of benzene rings is 1. The molecule has 0 spiro atoms. The van der Waals surface area contributed by atoms with Crippen LogP contribution in [0.15, 0.2) is 30.3 Å². The third-order valence-corrected chi connectivity index (χ3v) is 4.55. The lowest BCUT2D eigenvalue weighted by atomic mass is 10.1. The summed E-state index contributed by atoms with van der Waals surface area (Å²) in [6.07, 6.45) is 5.27. The highest BCUT2D eigenvalue weighted by molar-refractivity contribution is 6.06. The Hall–Kier alpha value is -2.43. The first-order valence-corrected chi connectivity index (χ1v) is 8.93. The minimum Gasteiger partial charge on any atom is -0.469 e. The summed E-state index contributed by atoms with van der Waals surface area (Å²) >= 11 is 0. The Morgan fingerprint density at radius 2 is 2.00 bits per heavy atom. The van der Waals surface area contributed by atoms with Crippen molar-refractivity contribution in [1.82, 2.24) is 10.3 Å². The van der Waals surface area contributed by atoms with Gasteiger partial charge in [-0.15, -0.1) is 0 Å². The lowest BCUT2D eigenvalue weighted by molar-refractivity contribution is -0.140. The van der Waals surface area contributed by atoms with E-state index in [0.717, 1.165) is 48.7 Å². The Morgan fingerprint density at radius 1 is 1.20 bits per heavy atom. The molecule has 1 aromatic carbocycles. The van der Waals surface area contributed by atoms with E-state index < -0.39 is 0 Å². The number of para-hydroxylation sites is 1. The lowest BCUT2D eigenvalue weighted by Crippen LogP contribution is -2.25. The number of unbranched alkanes of at least 4 members (excludes halogenated alkanes) is 2. The third kappa shape index (κ3) is 4.56. The average Bonchev–Trinajstić information content (AvgIpc) is 3.48.